The molecule has 1 aliphatic rings. The van der Waals surface area contributed by atoms with E-state index in [9.17, 15) is 9.90 Å². The molecule has 1 aliphatic carbocycles. The summed E-state index contributed by atoms with van der Waals surface area (Å²) >= 11 is 0. The molecule has 2 rings (SSSR count). The zero-order valence-corrected chi connectivity index (χ0v) is 8.78. The number of carbonyl (C=O) groups is 1. The van der Waals surface area contributed by atoms with Gasteiger partial charge in [0.1, 0.15) is 5.60 Å². The number of hydrogen-bond acceptors (Lipinski definition) is 2. The Morgan fingerprint density at radius 2 is 1.93 bits per heavy atom. The van der Waals surface area contributed by atoms with Crippen LogP contribution in [0.2, 0.25) is 0 Å². The van der Waals surface area contributed by atoms with Crippen LogP contribution >= 0.6 is 0 Å². The second-order valence-electron chi connectivity index (χ2n) is 4.32. The molecule has 1 atom stereocenters. The first-order chi connectivity index (χ1) is 7.21. The van der Waals surface area contributed by atoms with Gasteiger partial charge >= 0.3 is 0 Å². The fourth-order valence-corrected chi connectivity index (χ4v) is 2.20. The van der Waals surface area contributed by atoms with Gasteiger partial charge in [-0.15, -0.1) is 0 Å². The molecule has 2 nitrogen and oxygen atoms in total. The van der Waals surface area contributed by atoms with Crippen molar-refractivity contribution >= 4 is 5.78 Å². The molecular weight excluding hydrogens is 188 g/mol. The van der Waals surface area contributed by atoms with Crippen LogP contribution in [0.25, 0.3) is 0 Å². The molecule has 0 amide bonds. The van der Waals surface area contributed by atoms with Gasteiger partial charge in [-0.1, -0.05) is 30.3 Å². The second-order valence-corrected chi connectivity index (χ2v) is 4.32. The van der Waals surface area contributed by atoms with Crippen molar-refractivity contribution < 1.29 is 9.90 Å². The molecule has 1 aromatic carbocycles. The molecule has 0 unspecified atom stereocenters. The first-order valence-corrected chi connectivity index (χ1v) is 5.50. The summed E-state index contributed by atoms with van der Waals surface area (Å²) in [5, 5.41) is 10.2. The summed E-state index contributed by atoms with van der Waals surface area (Å²) in [7, 11) is 0. The molecule has 1 N–H and O–H groups in total. The molecule has 15 heavy (non-hydrogen) atoms. The highest BCUT2D eigenvalue weighted by atomic mass is 16.3. The fraction of sp³-hybridized carbons (Fsp3) is 0.462. The predicted molar refractivity (Wildman–Crippen MR) is 58.6 cm³/mol. The van der Waals surface area contributed by atoms with Crippen molar-refractivity contribution in [1.82, 2.24) is 0 Å². The third-order valence-corrected chi connectivity index (χ3v) is 3.10. The average molecular weight is 204 g/mol. The standard InChI is InChI=1S/C13H16O2/c14-12-8-4-5-9-13(12,15)10-11-6-2-1-3-7-11/h1-3,6-7,15H,4-5,8-10H2/t13-/m1/s1. The molecule has 0 aromatic heterocycles. The zero-order valence-electron chi connectivity index (χ0n) is 8.78. The van der Waals surface area contributed by atoms with Gasteiger partial charge in [-0.2, -0.15) is 0 Å². The Morgan fingerprint density at radius 1 is 1.20 bits per heavy atom. The molecule has 1 aromatic rings. The highest BCUT2D eigenvalue weighted by Gasteiger charge is 2.37. The fourth-order valence-electron chi connectivity index (χ4n) is 2.20. The third kappa shape index (κ3) is 2.26. The molecule has 0 radical (unpaired) electrons. The van der Waals surface area contributed by atoms with E-state index in [1.165, 1.54) is 0 Å². The van der Waals surface area contributed by atoms with Crippen LogP contribution in [0.4, 0.5) is 0 Å². The number of hydrogen-bond donors (Lipinski definition) is 1. The lowest BCUT2D eigenvalue weighted by molar-refractivity contribution is -0.140. The van der Waals surface area contributed by atoms with E-state index in [2.05, 4.69) is 0 Å². The highest BCUT2D eigenvalue weighted by Crippen LogP contribution is 2.28. The minimum absolute atomic E-state index is 0.0117. The van der Waals surface area contributed by atoms with E-state index in [4.69, 9.17) is 0 Å². The maximum Gasteiger partial charge on any atom is 0.164 e. The number of carbonyl (C=O) groups excluding carboxylic acids is 1. The first-order valence-electron chi connectivity index (χ1n) is 5.50. The van der Waals surface area contributed by atoms with Crippen molar-refractivity contribution in [1.29, 1.82) is 0 Å². The number of Topliss-reactive ketones (excluding diaryl/α,β-unsaturated/α-hetero) is 1. The number of benzene rings is 1. The lowest BCUT2D eigenvalue weighted by Gasteiger charge is -2.30. The lowest BCUT2D eigenvalue weighted by Crippen LogP contribution is -2.43. The quantitative estimate of drug-likeness (QED) is 0.801. The van der Waals surface area contributed by atoms with Gasteiger partial charge in [-0.05, 0) is 24.8 Å². The molecule has 0 heterocycles. The Bertz CT molecular complexity index is 345. The Kier molecular flexibility index (Phi) is 2.87. The third-order valence-electron chi connectivity index (χ3n) is 3.10. The van der Waals surface area contributed by atoms with Crippen LogP contribution in [0, 0.1) is 0 Å². The summed E-state index contributed by atoms with van der Waals surface area (Å²) in [5.41, 5.74) is -0.0603. The number of aliphatic hydroxyl groups is 1. The molecule has 0 saturated heterocycles. The highest BCUT2D eigenvalue weighted by molar-refractivity contribution is 5.88. The molecular formula is C13H16O2. The predicted octanol–water partition coefficient (Wildman–Crippen LogP) is 2.10. The van der Waals surface area contributed by atoms with Crippen LogP contribution in [0.3, 0.4) is 0 Å². The van der Waals surface area contributed by atoms with Gasteiger partial charge in [-0.3, -0.25) is 4.79 Å². The summed E-state index contributed by atoms with van der Waals surface area (Å²) in [5.74, 6) is 0.0117. The van der Waals surface area contributed by atoms with Crippen LogP contribution in [-0.4, -0.2) is 16.5 Å². The Labute approximate surface area is 89.9 Å². The molecule has 2 heteroatoms. The summed E-state index contributed by atoms with van der Waals surface area (Å²) in [4.78, 5) is 11.7. The molecule has 0 spiro atoms. The second kappa shape index (κ2) is 4.15. The van der Waals surface area contributed by atoms with Crippen molar-refractivity contribution in [3.8, 4) is 0 Å². The van der Waals surface area contributed by atoms with Gasteiger partial charge in [0.05, 0.1) is 0 Å². The Morgan fingerprint density at radius 3 is 2.60 bits per heavy atom. The van der Waals surface area contributed by atoms with Crippen molar-refractivity contribution in [2.45, 2.75) is 37.7 Å². The van der Waals surface area contributed by atoms with Crippen LogP contribution in [0.5, 0.6) is 0 Å². The Hall–Kier alpha value is -1.15. The molecule has 80 valence electrons. The maximum atomic E-state index is 11.7. The van der Waals surface area contributed by atoms with Gasteiger partial charge in [0.25, 0.3) is 0 Å². The largest absolute Gasteiger partial charge is 0.382 e. The SMILES string of the molecule is O=C1CCCC[C@@]1(O)Cc1ccccc1. The van der Waals surface area contributed by atoms with Gasteiger partial charge < -0.3 is 5.11 Å². The summed E-state index contributed by atoms with van der Waals surface area (Å²) < 4.78 is 0. The molecule has 0 bridgehead atoms. The van der Waals surface area contributed by atoms with Gasteiger partial charge in [0.15, 0.2) is 5.78 Å². The van der Waals surface area contributed by atoms with E-state index in [1.807, 2.05) is 30.3 Å². The molecule has 1 fully saturated rings. The van der Waals surface area contributed by atoms with Crippen molar-refractivity contribution in [3.63, 3.8) is 0 Å². The molecule has 0 aliphatic heterocycles. The van der Waals surface area contributed by atoms with Gasteiger partial charge in [-0.25, -0.2) is 0 Å². The van der Waals surface area contributed by atoms with E-state index in [1.54, 1.807) is 0 Å². The van der Waals surface area contributed by atoms with Crippen LogP contribution in [0.1, 0.15) is 31.2 Å². The Balaban J connectivity index is 2.13. The monoisotopic (exact) mass is 204 g/mol. The van der Waals surface area contributed by atoms with Gasteiger partial charge in [0.2, 0.25) is 0 Å². The summed E-state index contributed by atoms with van der Waals surface area (Å²) in [6.07, 6.45) is 3.49. The van der Waals surface area contributed by atoms with Crippen molar-refractivity contribution in [2.24, 2.45) is 0 Å². The van der Waals surface area contributed by atoms with E-state index in [0.29, 0.717) is 19.3 Å². The van der Waals surface area contributed by atoms with E-state index >= 15 is 0 Å². The van der Waals surface area contributed by atoms with E-state index < -0.39 is 5.60 Å². The first kappa shape index (κ1) is 10.4. The van der Waals surface area contributed by atoms with Crippen LogP contribution in [-0.2, 0) is 11.2 Å². The maximum absolute atomic E-state index is 11.7. The minimum atomic E-state index is -1.10. The summed E-state index contributed by atoms with van der Waals surface area (Å²) in [6, 6.07) is 9.73. The number of rotatable bonds is 2. The van der Waals surface area contributed by atoms with E-state index in [-0.39, 0.29) is 5.78 Å². The minimum Gasteiger partial charge on any atom is -0.382 e. The normalized spacial score (nSPS) is 26.6. The smallest absolute Gasteiger partial charge is 0.164 e. The average Bonchev–Trinajstić information content (AvgIpc) is 2.24. The zero-order chi connectivity index (χ0) is 10.7. The topological polar surface area (TPSA) is 37.3 Å². The lowest BCUT2D eigenvalue weighted by atomic mass is 9.79. The van der Waals surface area contributed by atoms with Crippen LogP contribution < -0.4 is 0 Å². The summed E-state index contributed by atoms with van der Waals surface area (Å²) in [6.45, 7) is 0. The van der Waals surface area contributed by atoms with E-state index in [0.717, 1.165) is 18.4 Å². The van der Waals surface area contributed by atoms with Gasteiger partial charge in [0, 0.05) is 12.8 Å². The van der Waals surface area contributed by atoms with Crippen molar-refractivity contribution in [2.75, 3.05) is 0 Å². The van der Waals surface area contributed by atoms with Crippen LogP contribution in [0.15, 0.2) is 30.3 Å². The molecule has 1 saturated carbocycles. The van der Waals surface area contributed by atoms with Crippen molar-refractivity contribution in [3.05, 3.63) is 35.9 Å². The number of ketones is 1.